The average Bonchev–Trinajstić information content (AvgIpc) is 3.52. The van der Waals surface area contributed by atoms with E-state index in [0.717, 1.165) is 44.2 Å². The Labute approximate surface area is 294 Å². The lowest BCUT2D eigenvalue weighted by molar-refractivity contribution is 1.18. The summed E-state index contributed by atoms with van der Waals surface area (Å²) in [5, 5.41) is 26.4. The minimum Gasteiger partial charge on any atom is -0.309 e. The molecule has 1 heterocycles. The van der Waals surface area contributed by atoms with Gasteiger partial charge in [0, 0.05) is 11.1 Å². The van der Waals surface area contributed by atoms with E-state index in [1.165, 1.54) is 38.2 Å². The van der Waals surface area contributed by atoms with Crippen LogP contribution in [0.15, 0.2) is 158 Å². The molecule has 0 unspecified atom stereocenters. The zero-order valence-electron chi connectivity index (χ0n) is 27.3. The van der Waals surface area contributed by atoms with Crippen molar-refractivity contribution >= 4 is 49.0 Å². The number of benzene rings is 8. The van der Waals surface area contributed by atoms with Crippen LogP contribution >= 0.6 is 0 Å². The third-order valence-electron chi connectivity index (χ3n) is 9.81. The van der Waals surface area contributed by atoms with Gasteiger partial charge in [0.2, 0.25) is 0 Å². The van der Waals surface area contributed by atoms with E-state index in [-0.39, 0.29) is 0 Å². The molecule has 0 saturated carbocycles. The van der Waals surface area contributed by atoms with Gasteiger partial charge in [-0.1, -0.05) is 109 Å². The summed E-state index contributed by atoms with van der Waals surface area (Å²) < 4.78 is 2.12. The molecule has 234 valence electrons. The summed E-state index contributed by atoms with van der Waals surface area (Å²) in [4.78, 5) is 3.65. The van der Waals surface area contributed by atoms with Crippen LogP contribution in [0.25, 0.3) is 87.3 Å². The van der Waals surface area contributed by atoms with Gasteiger partial charge >= 0.3 is 0 Å². The minimum absolute atomic E-state index is 0.533. The molecule has 4 heteroatoms. The zero-order valence-corrected chi connectivity index (χ0v) is 27.3. The molecule has 9 aromatic rings. The van der Waals surface area contributed by atoms with E-state index in [9.17, 15) is 10.5 Å². The lowest BCUT2D eigenvalue weighted by atomic mass is 9.85. The van der Waals surface area contributed by atoms with Crippen LogP contribution in [0, 0.1) is 29.2 Å². The lowest BCUT2D eigenvalue weighted by Gasteiger charge is -2.18. The Morgan fingerprint density at radius 3 is 1.55 bits per heavy atom. The first kappa shape index (κ1) is 29.7. The van der Waals surface area contributed by atoms with Crippen molar-refractivity contribution in [1.29, 1.82) is 10.5 Å². The maximum absolute atomic E-state index is 10.2. The fourth-order valence-corrected chi connectivity index (χ4v) is 7.58. The fourth-order valence-electron chi connectivity index (χ4n) is 7.58. The van der Waals surface area contributed by atoms with E-state index in [0.29, 0.717) is 16.8 Å². The maximum Gasteiger partial charge on any atom is 0.188 e. The van der Waals surface area contributed by atoms with Gasteiger partial charge in [0.05, 0.1) is 40.9 Å². The molecule has 0 aliphatic carbocycles. The molecule has 0 spiro atoms. The van der Waals surface area contributed by atoms with E-state index < -0.39 is 0 Å². The van der Waals surface area contributed by atoms with Gasteiger partial charge in [-0.15, -0.1) is 0 Å². The number of rotatable bonds is 4. The molecule has 0 fully saturated rings. The highest BCUT2D eigenvalue weighted by Gasteiger charge is 2.18. The highest BCUT2D eigenvalue weighted by atomic mass is 15.0. The Hall–Kier alpha value is -7.45. The van der Waals surface area contributed by atoms with E-state index >= 15 is 0 Å². The van der Waals surface area contributed by atoms with Crippen molar-refractivity contribution in [3.8, 4) is 51.2 Å². The predicted molar refractivity (Wildman–Crippen MR) is 208 cm³/mol. The third-order valence-corrected chi connectivity index (χ3v) is 9.81. The summed E-state index contributed by atoms with van der Waals surface area (Å²) in [5.41, 5.74) is 10.9. The normalized spacial score (nSPS) is 11.1. The van der Waals surface area contributed by atoms with Crippen LogP contribution in [-0.4, -0.2) is 4.57 Å². The van der Waals surface area contributed by atoms with E-state index in [4.69, 9.17) is 6.57 Å². The molecule has 0 radical (unpaired) electrons. The van der Waals surface area contributed by atoms with Crippen molar-refractivity contribution in [3.63, 3.8) is 0 Å². The highest BCUT2D eigenvalue weighted by molar-refractivity contribution is 6.21. The Morgan fingerprint density at radius 1 is 0.431 bits per heavy atom. The molecule has 9 rings (SSSR count). The van der Waals surface area contributed by atoms with E-state index in [1.807, 2.05) is 42.5 Å². The van der Waals surface area contributed by atoms with Crippen LogP contribution < -0.4 is 0 Å². The van der Waals surface area contributed by atoms with Gasteiger partial charge in [-0.05, 0) is 109 Å². The summed E-state index contributed by atoms with van der Waals surface area (Å²) in [5.74, 6) is 0. The largest absolute Gasteiger partial charge is 0.309 e. The molecular weight excluding hydrogens is 621 g/mol. The molecule has 0 aliphatic heterocycles. The number of aromatic nitrogens is 1. The first-order valence-electron chi connectivity index (χ1n) is 16.7. The number of hydrogen-bond acceptors (Lipinski definition) is 2. The number of nitrogens with zero attached hydrogens (tertiary/aromatic N) is 4. The predicted octanol–water partition coefficient (Wildman–Crippen LogP) is 12.4. The van der Waals surface area contributed by atoms with Crippen LogP contribution in [0.3, 0.4) is 0 Å². The third kappa shape index (κ3) is 4.81. The number of nitriles is 2. The van der Waals surface area contributed by atoms with Gasteiger partial charge < -0.3 is 4.57 Å². The molecule has 0 amide bonds. The Balaban J connectivity index is 1.21. The lowest BCUT2D eigenvalue weighted by Crippen LogP contribution is -1.96. The zero-order chi connectivity index (χ0) is 34.5. The second-order valence-electron chi connectivity index (χ2n) is 12.7. The van der Waals surface area contributed by atoms with E-state index in [1.54, 1.807) is 6.07 Å². The van der Waals surface area contributed by atoms with Crippen molar-refractivity contribution in [3.05, 3.63) is 180 Å². The van der Waals surface area contributed by atoms with Crippen LogP contribution in [-0.2, 0) is 0 Å². The molecule has 0 saturated heterocycles. The molecule has 8 aromatic carbocycles. The van der Waals surface area contributed by atoms with Crippen molar-refractivity contribution < 1.29 is 0 Å². The Bertz CT molecular complexity index is 2860. The van der Waals surface area contributed by atoms with Crippen LogP contribution in [0.5, 0.6) is 0 Å². The molecule has 0 bridgehead atoms. The standard InChI is InChI=1S/C47H26N4/c1-50-36-20-22-45-43(27-36)42-25-30(28-48)15-21-44(42)51(45)37-24-31(29-49)23-35(26-37)32-16-18-34(19-17-32)47-40-13-7-5-11-38(40)46(33-9-3-2-4-10-33)39-12-6-8-14-41(39)47/h2-27H. The van der Waals surface area contributed by atoms with Crippen LogP contribution in [0.4, 0.5) is 5.69 Å². The van der Waals surface area contributed by atoms with E-state index in [2.05, 4.69) is 131 Å². The number of hydrogen-bond donors (Lipinski definition) is 0. The van der Waals surface area contributed by atoms with Gasteiger partial charge in [-0.2, -0.15) is 10.5 Å². The number of fused-ring (bicyclic) bond motifs is 5. The van der Waals surface area contributed by atoms with Gasteiger partial charge in [-0.3, -0.25) is 0 Å². The van der Waals surface area contributed by atoms with Gasteiger partial charge in [0.25, 0.3) is 0 Å². The first-order valence-corrected chi connectivity index (χ1v) is 16.7. The molecule has 51 heavy (non-hydrogen) atoms. The van der Waals surface area contributed by atoms with Gasteiger partial charge in [-0.25, -0.2) is 4.85 Å². The second-order valence-corrected chi connectivity index (χ2v) is 12.7. The molecule has 0 N–H and O–H groups in total. The van der Waals surface area contributed by atoms with Crippen molar-refractivity contribution in [1.82, 2.24) is 4.57 Å². The molecule has 1 aromatic heterocycles. The van der Waals surface area contributed by atoms with Gasteiger partial charge in [0.1, 0.15) is 0 Å². The quantitative estimate of drug-likeness (QED) is 0.141. The monoisotopic (exact) mass is 646 g/mol. The topological polar surface area (TPSA) is 56.9 Å². The van der Waals surface area contributed by atoms with Crippen LogP contribution in [0.2, 0.25) is 0 Å². The highest BCUT2D eigenvalue weighted by Crippen LogP contribution is 2.44. The van der Waals surface area contributed by atoms with Crippen LogP contribution in [0.1, 0.15) is 11.1 Å². The summed E-state index contributed by atoms with van der Waals surface area (Å²) in [6.45, 7) is 7.58. The fraction of sp³-hybridized carbons (Fsp3) is 0. The van der Waals surface area contributed by atoms with Crippen molar-refractivity contribution in [2.75, 3.05) is 0 Å². The van der Waals surface area contributed by atoms with Crippen molar-refractivity contribution in [2.24, 2.45) is 0 Å². The average molecular weight is 647 g/mol. The molecule has 0 atom stereocenters. The Kier molecular flexibility index (Phi) is 6.93. The summed E-state index contributed by atoms with van der Waals surface area (Å²) >= 11 is 0. The summed E-state index contributed by atoms with van der Waals surface area (Å²) in [7, 11) is 0. The minimum atomic E-state index is 0.533. The molecule has 0 aliphatic rings. The van der Waals surface area contributed by atoms with Crippen molar-refractivity contribution in [2.45, 2.75) is 0 Å². The first-order chi connectivity index (χ1) is 25.1. The summed E-state index contributed by atoms with van der Waals surface area (Å²) in [6.07, 6.45) is 0. The summed E-state index contributed by atoms with van der Waals surface area (Å²) in [6, 6.07) is 58.3. The Morgan fingerprint density at radius 2 is 0.961 bits per heavy atom. The maximum atomic E-state index is 10.2. The van der Waals surface area contributed by atoms with Gasteiger partial charge in [0.15, 0.2) is 5.69 Å². The SMILES string of the molecule is [C-]#[N+]c1ccc2c(c1)c1cc(C#N)ccc1n2-c1cc(C#N)cc(-c2ccc(-c3c4ccccc4c(-c4ccccc4)c4ccccc34)cc2)c1. The molecule has 4 nitrogen and oxygen atoms in total. The smallest absolute Gasteiger partial charge is 0.188 e. The second kappa shape index (κ2) is 11.9. The molecular formula is C47H26N4.